The number of alkyl halides is 3. The van der Waals surface area contributed by atoms with Crippen molar-refractivity contribution >= 4 is 5.96 Å². The van der Waals surface area contributed by atoms with Crippen LogP contribution in [0.15, 0.2) is 29.3 Å². The SMILES string of the molecule is NC1=NCC(c2ccccc2C(F)(F)F)N1CC1CC1. The molecule has 1 heterocycles. The minimum absolute atomic E-state index is 0.268. The standard InChI is InChI=1S/C14H16F3N3/c15-14(16,17)11-4-2-1-3-10(11)12-7-19-13(18)20(12)8-9-5-6-9/h1-4,9,12H,5-8H2,(H2,18,19). The van der Waals surface area contributed by atoms with Gasteiger partial charge in [-0.1, -0.05) is 18.2 Å². The van der Waals surface area contributed by atoms with Gasteiger partial charge in [0.05, 0.1) is 18.2 Å². The number of nitrogens with two attached hydrogens (primary N) is 1. The summed E-state index contributed by atoms with van der Waals surface area (Å²) in [6.45, 7) is 0.998. The van der Waals surface area contributed by atoms with Gasteiger partial charge in [-0.05, 0) is 30.4 Å². The van der Waals surface area contributed by atoms with Gasteiger partial charge in [-0.25, -0.2) is 0 Å². The third-order valence-electron chi connectivity index (χ3n) is 3.87. The fraction of sp³-hybridized carbons (Fsp3) is 0.500. The molecule has 0 aromatic heterocycles. The quantitative estimate of drug-likeness (QED) is 0.926. The van der Waals surface area contributed by atoms with E-state index in [9.17, 15) is 13.2 Å². The summed E-state index contributed by atoms with van der Waals surface area (Å²) < 4.78 is 39.3. The molecule has 1 aromatic carbocycles. The largest absolute Gasteiger partial charge is 0.416 e. The lowest BCUT2D eigenvalue weighted by Gasteiger charge is -2.28. The smallest absolute Gasteiger partial charge is 0.370 e. The van der Waals surface area contributed by atoms with Crippen molar-refractivity contribution in [1.82, 2.24) is 4.90 Å². The molecule has 0 spiro atoms. The van der Waals surface area contributed by atoms with Crippen LogP contribution in [0.2, 0.25) is 0 Å². The fourth-order valence-corrected chi connectivity index (χ4v) is 2.64. The fourth-order valence-electron chi connectivity index (χ4n) is 2.64. The first-order valence-corrected chi connectivity index (χ1v) is 6.69. The molecule has 1 aliphatic heterocycles. The average Bonchev–Trinajstić information content (AvgIpc) is 3.14. The van der Waals surface area contributed by atoms with Gasteiger partial charge >= 0.3 is 6.18 Å². The van der Waals surface area contributed by atoms with E-state index < -0.39 is 17.8 Å². The Morgan fingerprint density at radius 1 is 1.25 bits per heavy atom. The van der Waals surface area contributed by atoms with Crippen LogP contribution in [0.3, 0.4) is 0 Å². The van der Waals surface area contributed by atoms with Gasteiger partial charge in [-0.3, -0.25) is 4.99 Å². The van der Waals surface area contributed by atoms with E-state index in [1.807, 2.05) is 4.90 Å². The van der Waals surface area contributed by atoms with Crippen molar-refractivity contribution < 1.29 is 13.2 Å². The molecular weight excluding hydrogens is 267 g/mol. The van der Waals surface area contributed by atoms with Crippen LogP contribution in [0, 0.1) is 5.92 Å². The molecule has 3 rings (SSSR count). The zero-order chi connectivity index (χ0) is 14.3. The van der Waals surface area contributed by atoms with E-state index in [1.54, 1.807) is 6.07 Å². The number of hydrogen-bond acceptors (Lipinski definition) is 3. The Bertz CT molecular complexity index is 535. The monoisotopic (exact) mass is 283 g/mol. The van der Waals surface area contributed by atoms with Gasteiger partial charge in [0.15, 0.2) is 5.96 Å². The first-order chi connectivity index (χ1) is 9.47. The van der Waals surface area contributed by atoms with Crippen LogP contribution in [0.5, 0.6) is 0 Å². The zero-order valence-electron chi connectivity index (χ0n) is 10.9. The number of nitrogens with zero attached hydrogens (tertiary/aromatic N) is 2. The maximum absolute atomic E-state index is 13.1. The molecule has 1 atom stereocenters. The topological polar surface area (TPSA) is 41.6 Å². The number of guanidine groups is 1. The molecule has 1 fully saturated rings. The first kappa shape index (κ1) is 13.3. The predicted molar refractivity (Wildman–Crippen MR) is 70.1 cm³/mol. The Morgan fingerprint density at radius 2 is 1.95 bits per heavy atom. The number of hydrogen-bond donors (Lipinski definition) is 1. The lowest BCUT2D eigenvalue weighted by Crippen LogP contribution is -2.38. The third kappa shape index (κ3) is 2.46. The van der Waals surface area contributed by atoms with Gasteiger partial charge in [0, 0.05) is 6.54 Å². The Kier molecular flexibility index (Phi) is 3.11. The van der Waals surface area contributed by atoms with E-state index in [4.69, 9.17) is 5.73 Å². The Hall–Kier alpha value is -1.72. The molecular formula is C14H16F3N3. The van der Waals surface area contributed by atoms with Crippen molar-refractivity contribution in [2.75, 3.05) is 13.1 Å². The number of benzene rings is 1. The van der Waals surface area contributed by atoms with Gasteiger partial charge < -0.3 is 10.6 Å². The van der Waals surface area contributed by atoms with Crippen molar-refractivity contribution in [3.05, 3.63) is 35.4 Å². The number of aliphatic imine (C=N–C) groups is 1. The molecule has 1 saturated carbocycles. The highest BCUT2D eigenvalue weighted by molar-refractivity contribution is 5.80. The summed E-state index contributed by atoms with van der Waals surface area (Å²) in [5.41, 5.74) is 5.52. The molecule has 1 aliphatic carbocycles. The molecule has 0 saturated heterocycles. The number of halogens is 3. The lowest BCUT2D eigenvalue weighted by molar-refractivity contribution is -0.138. The van der Waals surface area contributed by atoms with Crippen molar-refractivity contribution in [2.24, 2.45) is 16.6 Å². The minimum atomic E-state index is -4.35. The summed E-state index contributed by atoms with van der Waals surface area (Å²) in [5, 5.41) is 0. The third-order valence-corrected chi connectivity index (χ3v) is 3.87. The lowest BCUT2D eigenvalue weighted by atomic mass is 9.99. The maximum Gasteiger partial charge on any atom is 0.416 e. The molecule has 0 radical (unpaired) electrons. The van der Waals surface area contributed by atoms with E-state index in [0.717, 1.165) is 18.9 Å². The first-order valence-electron chi connectivity index (χ1n) is 6.69. The molecule has 108 valence electrons. The molecule has 2 N–H and O–H groups in total. The Balaban J connectivity index is 1.92. The van der Waals surface area contributed by atoms with E-state index in [0.29, 0.717) is 25.0 Å². The van der Waals surface area contributed by atoms with Crippen molar-refractivity contribution in [1.29, 1.82) is 0 Å². The van der Waals surface area contributed by atoms with Gasteiger partial charge in [0.1, 0.15) is 0 Å². The van der Waals surface area contributed by atoms with E-state index in [-0.39, 0.29) is 5.56 Å². The van der Waals surface area contributed by atoms with Gasteiger partial charge in [0.25, 0.3) is 0 Å². The van der Waals surface area contributed by atoms with Crippen molar-refractivity contribution in [3.8, 4) is 0 Å². The molecule has 1 aromatic rings. The number of rotatable bonds is 3. The highest BCUT2D eigenvalue weighted by Gasteiger charge is 2.39. The Labute approximate surface area is 115 Å². The normalized spacial score (nSPS) is 23.1. The molecule has 2 aliphatic rings. The summed E-state index contributed by atoms with van der Waals surface area (Å²) >= 11 is 0. The van der Waals surface area contributed by atoms with Crippen LogP contribution >= 0.6 is 0 Å². The van der Waals surface area contributed by atoms with Crippen molar-refractivity contribution in [3.63, 3.8) is 0 Å². The summed E-state index contributed by atoms with van der Waals surface area (Å²) in [4.78, 5) is 5.95. The molecule has 3 nitrogen and oxygen atoms in total. The molecule has 0 bridgehead atoms. The summed E-state index contributed by atoms with van der Waals surface area (Å²) in [5.74, 6) is 0.904. The summed E-state index contributed by atoms with van der Waals surface area (Å²) in [6.07, 6.45) is -2.10. The van der Waals surface area contributed by atoms with E-state index >= 15 is 0 Å². The zero-order valence-corrected chi connectivity index (χ0v) is 10.9. The molecule has 20 heavy (non-hydrogen) atoms. The van der Waals surface area contributed by atoms with E-state index in [2.05, 4.69) is 4.99 Å². The highest BCUT2D eigenvalue weighted by Crippen LogP contribution is 2.39. The van der Waals surface area contributed by atoms with Crippen LogP contribution in [-0.4, -0.2) is 23.9 Å². The second kappa shape index (κ2) is 4.68. The van der Waals surface area contributed by atoms with Gasteiger partial charge in [-0.2, -0.15) is 13.2 Å². The van der Waals surface area contributed by atoms with Gasteiger partial charge in [0.2, 0.25) is 0 Å². The summed E-state index contributed by atoms with van der Waals surface area (Å²) in [6, 6.07) is 5.31. The van der Waals surface area contributed by atoms with Gasteiger partial charge in [-0.15, -0.1) is 0 Å². The Morgan fingerprint density at radius 3 is 2.60 bits per heavy atom. The highest BCUT2D eigenvalue weighted by atomic mass is 19.4. The van der Waals surface area contributed by atoms with Crippen LogP contribution in [0.1, 0.15) is 30.0 Å². The molecule has 0 amide bonds. The predicted octanol–water partition coefficient (Wildman–Crippen LogP) is 2.79. The van der Waals surface area contributed by atoms with Crippen LogP contribution < -0.4 is 5.73 Å². The maximum atomic E-state index is 13.1. The summed E-state index contributed by atoms with van der Waals surface area (Å²) in [7, 11) is 0. The second-order valence-corrected chi connectivity index (χ2v) is 5.40. The molecule has 6 heteroatoms. The minimum Gasteiger partial charge on any atom is -0.370 e. The average molecular weight is 283 g/mol. The van der Waals surface area contributed by atoms with E-state index in [1.165, 1.54) is 12.1 Å². The van der Waals surface area contributed by atoms with Crippen molar-refractivity contribution in [2.45, 2.75) is 25.1 Å². The van der Waals surface area contributed by atoms with Crippen LogP contribution in [0.25, 0.3) is 0 Å². The van der Waals surface area contributed by atoms with Crippen LogP contribution in [0.4, 0.5) is 13.2 Å². The second-order valence-electron chi connectivity index (χ2n) is 5.40. The molecule has 1 unspecified atom stereocenters. The van der Waals surface area contributed by atoms with Crippen LogP contribution in [-0.2, 0) is 6.18 Å².